The third kappa shape index (κ3) is 4.48. The molecule has 1 aromatic rings. The van der Waals surface area contributed by atoms with E-state index in [9.17, 15) is 8.42 Å². The Hall–Kier alpha value is -1.69. The average Bonchev–Trinajstić information content (AvgIpc) is 2.37. The molecule has 0 saturated carbocycles. The van der Waals surface area contributed by atoms with Crippen LogP contribution in [0.15, 0.2) is 36.6 Å². The molecule has 0 saturated heterocycles. The minimum Gasteiger partial charge on any atom is -0.497 e. The Bertz CT molecular complexity index is 555. The summed E-state index contributed by atoms with van der Waals surface area (Å²) in [6.07, 6.45) is 6.95. The largest absolute Gasteiger partial charge is 0.497 e. The SMILES string of the molecule is CS(=O)(=O)Nc1ccccc1NCC1CCC=CO1. The van der Waals surface area contributed by atoms with Gasteiger partial charge in [-0.1, -0.05) is 12.1 Å². The van der Waals surface area contributed by atoms with Gasteiger partial charge in [-0.2, -0.15) is 0 Å². The molecule has 1 aromatic carbocycles. The zero-order valence-corrected chi connectivity index (χ0v) is 11.6. The van der Waals surface area contributed by atoms with Crippen LogP contribution in [0, 0.1) is 0 Å². The molecule has 0 spiro atoms. The fourth-order valence-electron chi connectivity index (χ4n) is 1.88. The molecule has 5 nitrogen and oxygen atoms in total. The molecule has 0 aromatic heterocycles. The lowest BCUT2D eigenvalue weighted by Crippen LogP contribution is -2.23. The number of allylic oxidation sites excluding steroid dienone is 1. The van der Waals surface area contributed by atoms with Gasteiger partial charge in [0, 0.05) is 0 Å². The van der Waals surface area contributed by atoms with Crippen molar-refractivity contribution < 1.29 is 13.2 Å². The first-order valence-corrected chi connectivity index (χ1v) is 8.05. The van der Waals surface area contributed by atoms with Gasteiger partial charge < -0.3 is 10.1 Å². The summed E-state index contributed by atoms with van der Waals surface area (Å²) < 4.78 is 30.5. The Morgan fingerprint density at radius 2 is 2.05 bits per heavy atom. The quantitative estimate of drug-likeness (QED) is 0.868. The van der Waals surface area contributed by atoms with Crippen LogP contribution >= 0.6 is 0 Å². The van der Waals surface area contributed by atoms with Gasteiger partial charge in [0.2, 0.25) is 10.0 Å². The Balaban J connectivity index is 2.01. The first kappa shape index (κ1) is 13.7. The van der Waals surface area contributed by atoms with Crippen LogP contribution in [-0.2, 0) is 14.8 Å². The summed E-state index contributed by atoms with van der Waals surface area (Å²) in [5.74, 6) is 0. The molecule has 104 valence electrons. The summed E-state index contributed by atoms with van der Waals surface area (Å²) in [7, 11) is -3.28. The van der Waals surface area contributed by atoms with Gasteiger partial charge in [0.15, 0.2) is 0 Å². The summed E-state index contributed by atoms with van der Waals surface area (Å²) in [5.41, 5.74) is 1.31. The van der Waals surface area contributed by atoms with Crippen LogP contribution in [0.3, 0.4) is 0 Å². The zero-order chi connectivity index (χ0) is 13.7. The van der Waals surface area contributed by atoms with Gasteiger partial charge >= 0.3 is 0 Å². The Labute approximate surface area is 113 Å². The van der Waals surface area contributed by atoms with Crippen LogP contribution in [0.1, 0.15) is 12.8 Å². The van der Waals surface area contributed by atoms with Crippen molar-refractivity contribution in [3.63, 3.8) is 0 Å². The highest BCUT2D eigenvalue weighted by atomic mass is 32.2. The second-order valence-corrected chi connectivity index (χ2v) is 6.26. The fraction of sp³-hybridized carbons (Fsp3) is 0.385. The third-order valence-electron chi connectivity index (χ3n) is 2.77. The number of nitrogens with one attached hydrogen (secondary N) is 2. The number of rotatable bonds is 5. The highest BCUT2D eigenvalue weighted by molar-refractivity contribution is 7.92. The molecule has 1 atom stereocenters. The fourth-order valence-corrected chi connectivity index (χ4v) is 2.46. The van der Waals surface area contributed by atoms with E-state index in [0.29, 0.717) is 12.2 Å². The number of anilines is 2. The van der Waals surface area contributed by atoms with E-state index in [0.717, 1.165) is 24.8 Å². The maximum Gasteiger partial charge on any atom is 0.229 e. The van der Waals surface area contributed by atoms with Gasteiger partial charge in [0.25, 0.3) is 0 Å². The highest BCUT2D eigenvalue weighted by Gasteiger charge is 2.12. The molecule has 2 rings (SSSR count). The monoisotopic (exact) mass is 282 g/mol. The molecule has 2 N–H and O–H groups in total. The smallest absolute Gasteiger partial charge is 0.229 e. The van der Waals surface area contributed by atoms with E-state index in [4.69, 9.17) is 4.74 Å². The third-order valence-corrected chi connectivity index (χ3v) is 3.36. The predicted molar refractivity (Wildman–Crippen MR) is 76.6 cm³/mol. The number of benzene rings is 1. The maximum atomic E-state index is 11.3. The lowest BCUT2D eigenvalue weighted by molar-refractivity contribution is 0.135. The van der Waals surface area contributed by atoms with E-state index in [1.165, 1.54) is 0 Å². The lowest BCUT2D eigenvalue weighted by atomic mass is 10.1. The first-order valence-electron chi connectivity index (χ1n) is 6.16. The van der Waals surface area contributed by atoms with E-state index in [1.807, 2.05) is 18.2 Å². The molecular weight excluding hydrogens is 264 g/mol. The molecule has 1 heterocycles. The topological polar surface area (TPSA) is 67.4 Å². The summed E-state index contributed by atoms with van der Waals surface area (Å²) in [6, 6.07) is 7.22. The van der Waals surface area contributed by atoms with Crippen molar-refractivity contribution in [3.05, 3.63) is 36.6 Å². The van der Waals surface area contributed by atoms with Crippen LogP contribution < -0.4 is 10.0 Å². The van der Waals surface area contributed by atoms with Crippen LogP contribution in [0.5, 0.6) is 0 Å². The summed E-state index contributed by atoms with van der Waals surface area (Å²) in [5, 5.41) is 3.22. The molecule has 0 aliphatic carbocycles. The molecule has 0 amide bonds. The van der Waals surface area contributed by atoms with Crippen LogP contribution in [0.4, 0.5) is 11.4 Å². The zero-order valence-electron chi connectivity index (χ0n) is 10.8. The van der Waals surface area contributed by atoms with E-state index in [2.05, 4.69) is 10.0 Å². The molecule has 1 aliphatic heterocycles. The Kier molecular flexibility index (Phi) is 4.31. The van der Waals surface area contributed by atoms with E-state index >= 15 is 0 Å². The highest BCUT2D eigenvalue weighted by Crippen LogP contribution is 2.22. The van der Waals surface area contributed by atoms with Gasteiger partial charge in [-0.05, 0) is 31.1 Å². The van der Waals surface area contributed by atoms with Gasteiger partial charge in [-0.25, -0.2) is 8.42 Å². The first-order chi connectivity index (χ1) is 9.04. The van der Waals surface area contributed by atoms with Crippen molar-refractivity contribution in [2.24, 2.45) is 0 Å². The molecule has 1 aliphatic rings. The molecule has 0 bridgehead atoms. The Morgan fingerprint density at radius 1 is 1.32 bits per heavy atom. The van der Waals surface area contributed by atoms with Crippen molar-refractivity contribution >= 4 is 21.4 Å². The van der Waals surface area contributed by atoms with Gasteiger partial charge in [0.05, 0.1) is 30.4 Å². The van der Waals surface area contributed by atoms with Crippen molar-refractivity contribution in [1.29, 1.82) is 0 Å². The number of para-hydroxylation sites is 2. The van der Waals surface area contributed by atoms with Crippen molar-refractivity contribution in [3.8, 4) is 0 Å². The minimum atomic E-state index is -3.28. The molecule has 0 radical (unpaired) electrons. The van der Waals surface area contributed by atoms with E-state index < -0.39 is 10.0 Å². The summed E-state index contributed by atoms with van der Waals surface area (Å²) in [6.45, 7) is 0.646. The van der Waals surface area contributed by atoms with Gasteiger partial charge in [0.1, 0.15) is 6.10 Å². The van der Waals surface area contributed by atoms with Crippen molar-refractivity contribution in [2.75, 3.05) is 22.8 Å². The second-order valence-electron chi connectivity index (χ2n) is 4.51. The van der Waals surface area contributed by atoms with Gasteiger partial charge in [-0.3, -0.25) is 4.72 Å². The average molecular weight is 282 g/mol. The Morgan fingerprint density at radius 3 is 2.68 bits per heavy atom. The van der Waals surface area contributed by atoms with Crippen molar-refractivity contribution in [1.82, 2.24) is 0 Å². The standard InChI is InChI=1S/C13H18N2O3S/c1-19(16,17)15-13-8-3-2-7-12(13)14-10-11-6-4-5-9-18-11/h2-3,5,7-9,11,14-15H,4,6,10H2,1H3. The maximum absolute atomic E-state index is 11.3. The van der Waals surface area contributed by atoms with E-state index in [1.54, 1.807) is 18.4 Å². The molecule has 1 unspecified atom stereocenters. The predicted octanol–water partition coefficient (Wildman–Crippen LogP) is 2.16. The number of ether oxygens (including phenoxy) is 1. The molecule has 19 heavy (non-hydrogen) atoms. The van der Waals surface area contributed by atoms with Crippen LogP contribution in [0.25, 0.3) is 0 Å². The summed E-state index contributed by atoms with van der Waals surface area (Å²) >= 11 is 0. The summed E-state index contributed by atoms with van der Waals surface area (Å²) in [4.78, 5) is 0. The van der Waals surface area contributed by atoms with Crippen LogP contribution in [-0.4, -0.2) is 27.3 Å². The molecule has 6 heteroatoms. The number of sulfonamides is 1. The molecular formula is C13H18N2O3S. The van der Waals surface area contributed by atoms with Crippen LogP contribution in [0.2, 0.25) is 0 Å². The normalized spacial score (nSPS) is 18.7. The van der Waals surface area contributed by atoms with E-state index in [-0.39, 0.29) is 6.10 Å². The minimum absolute atomic E-state index is 0.122. The van der Waals surface area contributed by atoms with Crippen molar-refractivity contribution in [2.45, 2.75) is 18.9 Å². The lowest BCUT2D eigenvalue weighted by Gasteiger charge is -2.21. The number of hydrogen-bond acceptors (Lipinski definition) is 4. The number of hydrogen-bond donors (Lipinski definition) is 2. The van der Waals surface area contributed by atoms with Gasteiger partial charge in [-0.15, -0.1) is 0 Å². The molecule has 0 fully saturated rings. The second kappa shape index (κ2) is 5.97.